The Hall–Kier alpha value is -3.43. The van der Waals surface area contributed by atoms with Gasteiger partial charge in [-0.25, -0.2) is 9.78 Å². The molecule has 1 amide bonds. The van der Waals surface area contributed by atoms with Crippen LogP contribution in [-0.4, -0.2) is 54.2 Å². The number of amides is 1. The maximum absolute atomic E-state index is 13.7. The molecule has 36 heavy (non-hydrogen) atoms. The lowest BCUT2D eigenvalue weighted by atomic mass is 10.1. The molecule has 0 saturated heterocycles. The van der Waals surface area contributed by atoms with Crippen LogP contribution in [0, 0.1) is 6.92 Å². The van der Waals surface area contributed by atoms with Gasteiger partial charge in [-0.2, -0.15) is 0 Å². The van der Waals surface area contributed by atoms with Crippen LogP contribution in [0.5, 0.6) is 11.5 Å². The Bertz CT molecular complexity index is 1150. The van der Waals surface area contributed by atoms with Gasteiger partial charge in [0, 0.05) is 17.7 Å². The molecule has 8 nitrogen and oxygen atoms in total. The van der Waals surface area contributed by atoms with E-state index in [-0.39, 0.29) is 31.4 Å². The van der Waals surface area contributed by atoms with E-state index >= 15 is 0 Å². The van der Waals surface area contributed by atoms with Crippen LogP contribution in [0.15, 0.2) is 42.5 Å². The van der Waals surface area contributed by atoms with Crippen molar-refractivity contribution >= 4 is 23.2 Å². The molecule has 0 bridgehead atoms. The van der Waals surface area contributed by atoms with Crippen molar-refractivity contribution in [2.24, 2.45) is 0 Å². The van der Waals surface area contributed by atoms with Crippen molar-refractivity contribution in [1.82, 2.24) is 9.88 Å². The normalized spacial score (nSPS) is 10.7. The molecule has 0 fully saturated rings. The second-order valence-corrected chi connectivity index (χ2v) is 9.25. The summed E-state index contributed by atoms with van der Waals surface area (Å²) < 4.78 is 16.0. The zero-order valence-electron chi connectivity index (χ0n) is 21.1. The van der Waals surface area contributed by atoms with E-state index in [0.29, 0.717) is 33.5 Å². The Labute approximate surface area is 215 Å². The molecule has 0 aliphatic rings. The van der Waals surface area contributed by atoms with E-state index in [9.17, 15) is 14.7 Å². The number of ether oxygens (including phenoxy) is 3. The van der Waals surface area contributed by atoms with Crippen molar-refractivity contribution in [2.45, 2.75) is 39.8 Å². The number of thiazole rings is 1. The van der Waals surface area contributed by atoms with Crippen molar-refractivity contribution < 1.29 is 28.9 Å². The molecule has 0 atom stereocenters. The number of hydrogen-bond donors (Lipinski definition) is 1. The molecule has 0 saturated carbocycles. The summed E-state index contributed by atoms with van der Waals surface area (Å²) in [5.74, 6) is 0.323. The molecular formula is C27H32N2O6S. The summed E-state index contributed by atoms with van der Waals surface area (Å²) >= 11 is 1.20. The lowest BCUT2D eigenvalue weighted by molar-refractivity contribution is 0.0516. The van der Waals surface area contributed by atoms with Crippen LogP contribution in [-0.2, 0) is 24.3 Å². The zero-order chi connectivity index (χ0) is 26.1. The van der Waals surface area contributed by atoms with Crippen molar-refractivity contribution in [2.75, 3.05) is 27.4 Å². The molecule has 3 rings (SSSR count). The number of aliphatic hydroxyl groups is 1. The third kappa shape index (κ3) is 6.61. The molecule has 9 heteroatoms. The number of esters is 1. The van der Waals surface area contributed by atoms with Crippen LogP contribution in [0.2, 0.25) is 0 Å². The largest absolute Gasteiger partial charge is 0.496 e. The summed E-state index contributed by atoms with van der Waals surface area (Å²) in [6.07, 6.45) is 1.54. The minimum atomic E-state index is -0.584. The highest BCUT2D eigenvalue weighted by atomic mass is 32.1. The third-order valence-corrected chi connectivity index (χ3v) is 6.73. The Morgan fingerprint density at radius 2 is 1.75 bits per heavy atom. The van der Waals surface area contributed by atoms with Crippen LogP contribution in [0.25, 0.3) is 0 Å². The fourth-order valence-corrected chi connectivity index (χ4v) is 4.79. The second-order valence-electron chi connectivity index (χ2n) is 8.08. The number of benzene rings is 2. The second kappa shape index (κ2) is 13.0. The molecule has 0 aliphatic carbocycles. The quantitative estimate of drug-likeness (QED) is 0.359. The lowest BCUT2D eigenvalue weighted by Gasteiger charge is -2.23. The van der Waals surface area contributed by atoms with E-state index in [1.54, 1.807) is 38.2 Å². The third-order valence-electron chi connectivity index (χ3n) is 5.70. The van der Waals surface area contributed by atoms with Gasteiger partial charge in [0.15, 0.2) is 5.69 Å². The molecule has 1 heterocycles. The smallest absolute Gasteiger partial charge is 0.358 e. The van der Waals surface area contributed by atoms with Crippen molar-refractivity contribution in [3.8, 4) is 11.5 Å². The van der Waals surface area contributed by atoms with Gasteiger partial charge in [-0.05, 0) is 44.4 Å². The first-order valence-electron chi connectivity index (χ1n) is 11.7. The van der Waals surface area contributed by atoms with Crippen LogP contribution in [0.4, 0.5) is 0 Å². The number of nitrogens with zero attached hydrogens (tertiary/aromatic N) is 2. The average molecular weight is 513 g/mol. The summed E-state index contributed by atoms with van der Waals surface area (Å²) in [6.45, 7) is 4.10. The standard InChI is InChI=1S/C27H32N2O6S/c1-5-35-27(32)25-23(17-30)36-24(28-25)16-29(13-9-12-19-10-7-6-8-11-19)26(31)20-14-21(33-3)18(2)22(15-20)34-4/h6-8,10-11,14-15,30H,5,9,12-13,16-17H2,1-4H3. The van der Waals surface area contributed by atoms with E-state index in [1.807, 2.05) is 25.1 Å². The topological polar surface area (TPSA) is 98.2 Å². The van der Waals surface area contributed by atoms with E-state index < -0.39 is 5.97 Å². The summed E-state index contributed by atoms with van der Waals surface area (Å²) in [7, 11) is 3.10. The highest BCUT2D eigenvalue weighted by Gasteiger charge is 2.24. The van der Waals surface area contributed by atoms with Crippen molar-refractivity contribution in [3.63, 3.8) is 0 Å². The fourth-order valence-electron chi connectivity index (χ4n) is 3.86. The number of aryl methyl sites for hydroxylation is 1. The van der Waals surface area contributed by atoms with E-state index in [2.05, 4.69) is 17.1 Å². The van der Waals surface area contributed by atoms with Crippen molar-refractivity contribution in [3.05, 3.63) is 74.7 Å². The molecule has 3 aromatic rings. The number of aromatic nitrogens is 1. The van der Waals surface area contributed by atoms with Gasteiger partial charge in [0.1, 0.15) is 16.5 Å². The van der Waals surface area contributed by atoms with Gasteiger partial charge in [-0.15, -0.1) is 11.3 Å². The van der Waals surface area contributed by atoms with Crippen molar-refractivity contribution in [1.29, 1.82) is 0 Å². The minimum absolute atomic E-state index is 0.0923. The lowest BCUT2D eigenvalue weighted by Crippen LogP contribution is -2.32. The summed E-state index contributed by atoms with van der Waals surface area (Å²) in [5.41, 5.74) is 2.51. The molecule has 192 valence electrons. The number of carbonyl (C=O) groups excluding carboxylic acids is 2. The predicted molar refractivity (Wildman–Crippen MR) is 138 cm³/mol. The first-order chi connectivity index (χ1) is 17.4. The monoisotopic (exact) mass is 512 g/mol. The summed E-state index contributed by atoms with van der Waals surface area (Å²) in [5, 5.41) is 10.3. The molecule has 0 aliphatic heterocycles. The fraction of sp³-hybridized carbons (Fsp3) is 0.370. The van der Waals surface area contributed by atoms with Crippen LogP contribution >= 0.6 is 11.3 Å². The highest BCUT2D eigenvalue weighted by Crippen LogP contribution is 2.30. The zero-order valence-corrected chi connectivity index (χ0v) is 21.9. The van der Waals surface area contributed by atoms with E-state index in [4.69, 9.17) is 14.2 Å². The predicted octanol–water partition coefficient (Wildman–Crippen LogP) is 4.41. The molecule has 1 N–H and O–H groups in total. The number of carbonyl (C=O) groups is 2. The van der Waals surface area contributed by atoms with Gasteiger partial charge in [0.25, 0.3) is 5.91 Å². The number of aliphatic hydroxyl groups excluding tert-OH is 1. The van der Waals surface area contributed by atoms with E-state index in [0.717, 1.165) is 18.4 Å². The SMILES string of the molecule is CCOC(=O)c1nc(CN(CCCc2ccccc2)C(=O)c2cc(OC)c(C)c(OC)c2)sc1CO. The highest BCUT2D eigenvalue weighted by molar-refractivity contribution is 7.11. The van der Waals surface area contributed by atoms with Crippen LogP contribution < -0.4 is 9.47 Å². The molecule has 0 spiro atoms. The van der Waals surface area contributed by atoms with E-state index in [1.165, 1.54) is 16.9 Å². The first-order valence-corrected chi connectivity index (χ1v) is 12.6. The van der Waals surface area contributed by atoms with Gasteiger partial charge in [0.05, 0.1) is 38.9 Å². The molecule has 0 unspecified atom stereocenters. The number of rotatable bonds is 12. The minimum Gasteiger partial charge on any atom is -0.496 e. The van der Waals surface area contributed by atoms with Crippen LogP contribution in [0.1, 0.15) is 55.2 Å². The number of hydrogen-bond acceptors (Lipinski definition) is 8. The van der Waals surface area contributed by atoms with Gasteiger partial charge in [-0.3, -0.25) is 4.79 Å². The Morgan fingerprint density at radius 3 is 2.33 bits per heavy atom. The van der Waals surface area contributed by atoms with Gasteiger partial charge in [-0.1, -0.05) is 30.3 Å². The molecular weight excluding hydrogens is 480 g/mol. The molecule has 2 aromatic carbocycles. The maximum atomic E-state index is 13.7. The van der Waals surface area contributed by atoms with Crippen LogP contribution in [0.3, 0.4) is 0 Å². The molecule has 1 aromatic heterocycles. The Balaban J connectivity index is 1.89. The first kappa shape index (κ1) is 27.2. The Kier molecular flexibility index (Phi) is 9.84. The average Bonchev–Trinajstić information content (AvgIpc) is 3.31. The van der Waals surface area contributed by atoms with Gasteiger partial charge < -0.3 is 24.2 Å². The van der Waals surface area contributed by atoms with Gasteiger partial charge in [0.2, 0.25) is 0 Å². The summed E-state index contributed by atoms with van der Waals surface area (Å²) in [4.78, 5) is 32.5. The number of methoxy groups -OCH3 is 2. The Morgan fingerprint density at radius 1 is 1.08 bits per heavy atom. The maximum Gasteiger partial charge on any atom is 0.358 e. The summed E-state index contributed by atoms with van der Waals surface area (Å²) in [6, 6.07) is 13.5. The van der Waals surface area contributed by atoms with Gasteiger partial charge >= 0.3 is 5.97 Å². The molecule has 0 radical (unpaired) electrons.